The maximum Gasteiger partial charge on any atom is 0.252 e. The van der Waals surface area contributed by atoms with E-state index in [0.29, 0.717) is 12.1 Å². The van der Waals surface area contributed by atoms with Crippen LogP contribution in [0.1, 0.15) is 27.0 Å². The standard InChI is InChI=1S/C22H23N3O/c1-16-8-9-17(2)21(12-16)25-20-13-19(14-23-15-20)22(26)24-11-10-18-6-4-3-5-7-18/h3-9,12-15,25H,10-11H2,1-2H3,(H,24,26). The van der Waals surface area contributed by atoms with Crippen molar-refractivity contribution in [3.8, 4) is 0 Å². The van der Waals surface area contributed by atoms with Crippen molar-refractivity contribution in [2.75, 3.05) is 11.9 Å². The summed E-state index contributed by atoms with van der Waals surface area (Å²) in [6, 6.07) is 18.2. The van der Waals surface area contributed by atoms with Crippen molar-refractivity contribution >= 4 is 17.3 Å². The molecule has 3 aromatic rings. The molecule has 3 rings (SSSR count). The number of aryl methyl sites for hydroxylation is 2. The van der Waals surface area contributed by atoms with Crippen LogP contribution in [0, 0.1) is 13.8 Å². The van der Waals surface area contributed by atoms with Gasteiger partial charge in [-0.1, -0.05) is 42.5 Å². The normalized spacial score (nSPS) is 10.4. The van der Waals surface area contributed by atoms with Gasteiger partial charge in [0.1, 0.15) is 0 Å². The molecule has 132 valence electrons. The van der Waals surface area contributed by atoms with E-state index < -0.39 is 0 Å². The summed E-state index contributed by atoms with van der Waals surface area (Å²) < 4.78 is 0. The molecule has 4 heteroatoms. The molecule has 0 saturated carbocycles. The number of aromatic nitrogens is 1. The van der Waals surface area contributed by atoms with E-state index in [4.69, 9.17) is 0 Å². The Morgan fingerprint density at radius 2 is 1.81 bits per heavy atom. The summed E-state index contributed by atoms with van der Waals surface area (Å²) in [5.41, 5.74) is 5.90. The zero-order chi connectivity index (χ0) is 18.4. The SMILES string of the molecule is Cc1ccc(C)c(Nc2cncc(C(=O)NCCc3ccccc3)c2)c1. The van der Waals surface area contributed by atoms with Crippen LogP contribution in [0.4, 0.5) is 11.4 Å². The number of amides is 1. The smallest absolute Gasteiger partial charge is 0.252 e. The lowest BCUT2D eigenvalue weighted by Crippen LogP contribution is -2.25. The van der Waals surface area contributed by atoms with Crippen molar-refractivity contribution in [3.05, 3.63) is 89.2 Å². The zero-order valence-electron chi connectivity index (χ0n) is 15.1. The van der Waals surface area contributed by atoms with E-state index in [-0.39, 0.29) is 5.91 Å². The summed E-state index contributed by atoms with van der Waals surface area (Å²) in [7, 11) is 0. The van der Waals surface area contributed by atoms with Gasteiger partial charge in [0.15, 0.2) is 0 Å². The molecule has 0 radical (unpaired) electrons. The molecule has 0 bridgehead atoms. The lowest BCUT2D eigenvalue weighted by molar-refractivity contribution is 0.0954. The minimum atomic E-state index is -0.113. The number of pyridine rings is 1. The van der Waals surface area contributed by atoms with Crippen molar-refractivity contribution in [3.63, 3.8) is 0 Å². The van der Waals surface area contributed by atoms with Crippen LogP contribution in [0.2, 0.25) is 0 Å². The molecule has 4 nitrogen and oxygen atoms in total. The van der Waals surface area contributed by atoms with Crippen molar-refractivity contribution < 1.29 is 4.79 Å². The predicted octanol–water partition coefficient (Wildman–Crippen LogP) is 4.41. The van der Waals surface area contributed by atoms with Crippen molar-refractivity contribution in [2.45, 2.75) is 20.3 Å². The summed E-state index contributed by atoms with van der Waals surface area (Å²) in [5, 5.41) is 6.30. The van der Waals surface area contributed by atoms with Gasteiger partial charge in [0.2, 0.25) is 0 Å². The monoisotopic (exact) mass is 345 g/mol. The fourth-order valence-electron chi connectivity index (χ4n) is 2.73. The minimum absolute atomic E-state index is 0.113. The maximum absolute atomic E-state index is 12.4. The highest BCUT2D eigenvalue weighted by atomic mass is 16.1. The van der Waals surface area contributed by atoms with E-state index in [1.165, 1.54) is 11.1 Å². The topological polar surface area (TPSA) is 54.0 Å². The molecule has 0 saturated heterocycles. The van der Waals surface area contributed by atoms with Gasteiger partial charge < -0.3 is 10.6 Å². The van der Waals surface area contributed by atoms with E-state index in [0.717, 1.165) is 23.4 Å². The summed E-state index contributed by atoms with van der Waals surface area (Å²) in [6.07, 6.45) is 4.12. The minimum Gasteiger partial charge on any atom is -0.354 e. The molecule has 0 aliphatic rings. The van der Waals surface area contributed by atoms with E-state index in [2.05, 4.69) is 59.8 Å². The molecule has 0 aliphatic heterocycles. The molecule has 1 amide bonds. The number of benzene rings is 2. The average molecular weight is 345 g/mol. The van der Waals surface area contributed by atoms with Gasteiger partial charge in [0.25, 0.3) is 5.91 Å². The highest BCUT2D eigenvalue weighted by Crippen LogP contribution is 2.21. The Balaban J connectivity index is 1.63. The van der Waals surface area contributed by atoms with Crippen LogP contribution in [0.3, 0.4) is 0 Å². The third-order valence-corrected chi connectivity index (χ3v) is 4.21. The lowest BCUT2D eigenvalue weighted by Gasteiger charge is -2.11. The Bertz CT molecular complexity index is 891. The second-order valence-corrected chi connectivity index (χ2v) is 6.40. The van der Waals surface area contributed by atoms with Gasteiger partial charge in [0, 0.05) is 18.4 Å². The quantitative estimate of drug-likeness (QED) is 0.695. The first-order valence-electron chi connectivity index (χ1n) is 8.73. The Morgan fingerprint density at radius 3 is 2.62 bits per heavy atom. The molecule has 0 spiro atoms. The van der Waals surface area contributed by atoms with Crippen molar-refractivity contribution in [1.82, 2.24) is 10.3 Å². The molecule has 0 unspecified atom stereocenters. The molecular weight excluding hydrogens is 322 g/mol. The first-order chi connectivity index (χ1) is 12.6. The third-order valence-electron chi connectivity index (χ3n) is 4.21. The Kier molecular flexibility index (Phi) is 5.64. The molecule has 0 fully saturated rings. The molecule has 0 atom stereocenters. The van der Waals surface area contributed by atoms with Gasteiger partial charge in [-0.3, -0.25) is 9.78 Å². The van der Waals surface area contributed by atoms with E-state index in [1.54, 1.807) is 12.4 Å². The average Bonchev–Trinajstić information content (AvgIpc) is 2.66. The van der Waals surface area contributed by atoms with E-state index in [1.807, 2.05) is 24.3 Å². The highest BCUT2D eigenvalue weighted by Gasteiger charge is 2.07. The van der Waals surface area contributed by atoms with Gasteiger partial charge in [-0.25, -0.2) is 0 Å². The molecule has 2 aromatic carbocycles. The summed E-state index contributed by atoms with van der Waals surface area (Å²) in [4.78, 5) is 16.6. The van der Waals surface area contributed by atoms with E-state index >= 15 is 0 Å². The van der Waals surface area contributed by atoms with Gasteiger partial charge in [0.05, 0.1) is 17.4 Å². The Morgan fingerprint density at radius 1 is 1.00 bits per heavy atom. The molecule has 26 heavy (non-hydrogen) atoms. The summed E-state index contributed by atoms with van der Waals surface area (Å²) in [6.45, 7) is 4.70. The predicted molar refractivity (Wildman–Crippen MR) is 106 cm³/mol. The number of carbonyl (C=O) groups is 1. The summed E-state index contributed by atoms with van der Waals surface area (Å²) in [5.74, 6) is -0.113. The number of carbonyl (C=O) groups excluding carboxylic acids is 1. The van der Waals surface area contributed by atoms with Gasteiger partial charge in [-0.2, -0.15) is 0 Å². The van der Waals surface area contributed by atoms with Crippen molar-refractivity contribution in [2.24, 2.45) is 0 Å². The molecule has 2 N–H and O–H groups in total. The number of nitrogens with zero attached hydrogens (tertiary/aromatic N) is 1. The molecule has 1 heterocycles. The lowest BCUT2D eigenvalue weighted by atomic mass is 10.1. The zero-order valence-corrected chi connectivity index (χ0v) is 15.1. The molecule has 0 aliphatic carbocycles. The van der Waals surface area contributed by atoms with Gasteiger partial charge in [-0.15, -0.1) is 0 Å². The van der Waals surface area contributed by atoms with Crippen LogP contribution in [0.5, 0.6) is 0 Å². The Labute approximate surface area is 154 Å². The van der Waals surface area contributed by atoms with Gasteiger partial charge >= 0.3 is 0 Å². The molecular formula is C22H23N3O. The van der Waals surface area contributed by atoms with Gasteiger partial charge in [-0.05, 0) is 49.1 Å². The first-order valence-corrected chi connectivity index (χ1v) is 8.73. The van der Waals surface area contributed by atoms with Crippen molar-refractivity contribution in [1.29, 1.82) is 0 Å². The molecule has 1 aromatic heterocycles. The largest absolute Gasteiger partial charge is 0.354 e. The van der Waals surface area contributed by atoms with Crippen LogP contribution in [-0.4, -0.2) is 17.4 Å². The maximum atomic E-state index is 12.4. The fraction of sp³-hybridized carbons (Fsp3) is 0.182. The van der Waals surface area contributed by atoms with E-state index in [9.17, 15) is 4.79 Å². The second kappa shape index (κ2) is 8.30. The number of hydrogen-bond acceptors (Lipinski definition) is 3. The number of anilines is 2. The highest BCUT2D eigenvalue weighted by molar-refractivity contribution is 5.94. The van der Waals surface area contributed by atoms with Crippen LogP contribution in [0.15, 0.2) is 67.0 Å². The van der Waals surface area contributed by atoms with Crippen LogP contribution < -0.4 is 10.6 Å². The third kappa shape index (κ3) is 4.70. The summed E-state index contributed by atoms with van der Waals surface area (Å²) >= 11 is 0. The Hall–Kier alpha value is -3.14. The number of rotatable bonds is 6. The fourth-order valence-corrected chi connectivity index (χ4v) is 2.73. The number of nitrogens with one attached hydrogen (secondary N) is 2. The number of hydrogen-bond donors (Lipinski definition) is 2. The van der Waals surface area contributed by atoms with Crippen LogP contribution in [-0.2, 0) is 6.42 Å². The second-order valence-electron chi connectivity index (χ2n) is 6.40. The first kappa shape index (κ1) is 17.7. The van der Waals surface area contributed by atoms with Crippen LogP contribution in [0.25, 0.3) is 0 Å². The van der Waals surface area contributed by atoms with Crippen LogP contribution >= 0.6 is 0 Å².